The molecule has 0 bridgehead atoms. The number of nitrogens with one attached hydrogen (secondary N) is 1. The number of hydrogen-bond acceptors (Lipinski definition) is 3. The van der Waals surface area contributed by atoms with Gasteiger partial charge in [-0.3, -0.25) is 10.3 Å². The number of benzene rings is 3. The minimum Gasteiger partial charge on any atom is -0.508 e. The van der Waals surface area contributed by atoms with E-state index in [1.54, 1.807) is 18.2 Å². The number of rotatable bonds is 3. The fraction of sp³-hybridized carbons (Fsp3) is 0.136. The maximum atomic E-state index is 10.5. The Morgan fingerprint density at radius 1 is 0.897 bits per heavy atom. The summed E-state index contributed by atoms with van der Waals surface area (Å²) in [6, 6.07) is 18.8. The molecule has 0 radical (unpaired) electrons. The van der Waals surface area contributed by atoms with E-state index in [0.29, 0.717) is 16.5 Å². The van der Waals surface area contributed by atoms with Crippen LogP contribution in [0.2, 0.25) is 10.0 Å². The third-order valence-electron chi connectivity index (χ3n) is 4.84. The molecule has 3 aromatic rings. The SMILES string of the molecule is Oc1ccc(Br)cc1[C@H]1CC(c2ccc(Br)cc2)=N[C@H](c2ccc(Cl)cc2Cl)N1. The maximum Gasteiger partial charge on any atom is 0.127 e. The minimum absolute atomic E-state index is 0.139. The van der Waals surface area contributed by atoms with Crippen LogP contribution in [0.4, 0.5) is 0 Å². The van der Waals surface area contributed by atoms with Crippen LogP contribution in [0.15, 0.2) is 74.6 Å². The van der Waals surface area contributed by atoms with Crippen LogP contribution < -0.4 is 5.32 Å². The number of aromatic hydroxyl groups is 1. The van der Waals surface area contributed by atoms with E-state index in [1.807, 2.05) is 42.5 Å². The van der Waals surface area contributed by atoms with Crippen molar-refractivity contribution in [3.8, 4) is 5.75 Å². The van der Waals surface area contributed by atoms with Crippen LogP contribution >= 0.6 is 55.1 Å². The Labute approximate surface area is 196 Å². The molecule has 0 spiro atoms. The lowest BCUT2D eigenvalue weighted by Crippen LogP contribution is -2.33. The molecule has 7 heteroatoms. The summed E-state index contributed by atoms with van der Waals surface area (Å²) in [6.45, 7) is 0. The maximum absolute atomic E-state index is 10.5. The van der Waals surface area contributed by atoms with Crippen LogP contribution in [-0.4, -0.2) is 10.8 Å². The Balaban J connectivity index is 1.79. The van der Waals surface area contributed by atoms with Crippen LogP contribution in [0.5, 0.6) is 5.75 Å². The summed E-state index contributed by atoms with van der Waals surface area (Å²) in [5.74, 6) is 0.240. The van der Waals surface area contributed by atoms with Crippen molar-refractivity contribution in [3.63, 3.8) is 0 Å². The van der Waals surface area contributed by atoms with E-state index < -0.39 is 0 Å². The molecule has 0 unspecified atom stereocenters. The first-order valence-electron chi connectivity index (χ1n) is 8.93. The summed E-state index contributed by atoms with van der Waals surface area (Å²) >= 11 is 19.5. The van der Waals surface area contributed by atoms with Gasteiger partial charge in [-0.05, 0) is 48.0 Å². The van der Waals surface area contributed by atoms with Crippen molar-refractivity contribution in [1.82, 2.24) is 5.32 Å². The van der Waals surface area contributed by atoms with Gasteiger partial charge in [0.2, 0.25) is 0 Å². The van der Waals surface area contributed by atoms with Crippen molar-refractivity contribution < 1.29 is 5.11 Å². The summed E-state index contributed by atoms with van der Waals surface area (Å²) < 4.78 is 1.91. The zero-order chi connectivity index (χ0) is 20.5. The third kappa shape index (κ3) is 4.70. The molecule has 1 heterocycles. The van der Waals surface area contributed by atoms with Gasteiger partial charge >= 0.3 is 0 Å². The van der Waals surface area contributed by atoms with Gasteiger partial charge < -0.3 is 5.11 Å². The van der Waals surface area contributed by atoms with E-state index in [4.69, 9.17) is 28.2 Å². The molecule has 0 saturated carbocycles. The highest BCUT2D eigenvalue weighted by Crippen LogP contribution is 2.37. The second kappa shape index (κ2) is 8.78. The minimum atomic E-state index is -0.365. The first-order valence-corrected chi connectivity index (χ1v) is 11.3. The number of phenols is 1. The van der Waals surface area contributed by atoms with Gasteiger partial charge in [-0.25, -0.2) is 0 Å². The van der Waals surface area contributed by atoms with Crippen LogP contribution in [-0.2, 0) is 0 Å². The van der Waals surface area contributed by atoms with Gasteiger partial charge in [0.1, 0.15) is 11.9 Å². The van der Waals surface area contributed by atoms with E-state index in [0.717, 1.165) is 31.3 Å². The van der Waals surface area contributed by atoms with Crippen molar-refractivity contribution >= 4 is 60.8 Å². The molecule has 0 amide bonds. The Bertz CT molecular complexity index is 1090. The van der Waals surface area contributed by atoms with E-state index in [9.17, 15) is 5.11 Å². The Kier molecular flexibility index (Phi) is 6.32. The summed E-state index contributed by atoms with van der Waals surface area (Å²) in [7, 11) is 0. The van der Waals surface area contributed by atoms with Crippen LogP contribution in [0, 0.1) is 0 Å². The highest BCUT2D eigenvalue weighted by molar-refractivity contribution is 9.10. The molecule has 0 saturated heterocycles. The van der Waals surface area contributed by atoms with E-state index in [1.165, 1.54) is 0 Å². The average molecular weight is 555 g/mol. The van der Waals surface area contributed by atoms with Crippen molar-refractivity contribution in [1.29, 1.82) is 0 Å². The number of halogens is 4. The second-order valence-electron chi connectivity index (χ2n) is 6.78. The normalized spacial score (nSPS) is 19.1. The Morgan fingerprint density at radius 3 is 2.34 bits per heavy atom. The molecule has 0 fully saturated rings. The molecule has 4 rings (SSSR count). The first-order chi connectivity index (χ1) is 13.9. The second-order valence-corrected chi connectivity index (χ2v) is 9.45. The molecule has 2 N–H and O–H groups in total. The number of nitrogens with zero attached hydrogens (tertiary/aromatic N) is 1. The van der Waals surface area contributed by atoms with Crippen molar-refractivity contribution in [2.45, 2.75) is 18.6 Å². The number of phenolic OH excluding ortho intramolecular Hbond substituents is 1. The van der Waals surface area contributed by atoms with E-state index >= 15 is 0 Å². The smallest absolute Gasteiger partial charge is 0.127 e. The Morgan fingerprint density at radius 2 is 1.62 bits per heavy atom. The summed E-state index contributed by atoms with van der Waals surface area (Å²) in [5, 5.41) is 15.1. The molecule has 2 atom stereocenters. The fourth-order valence-electron chi connectivity index (χ4n) is 3.41. The molecule has 0 aliphatic carbocycles. The highest BCUT2D eigenvalue weighted by Gasteiger charge is 2.28. The van der Waals surface area contributed by atoms with Crippen molar-refractivity contribution in [2.75, 3.05) is 0 Å². The third-order valence-corrected chi connectivity index (χ3v) is 6.43. The standard InChI is InChI=1S/C22H16Br2Cl2N2O/c23-13-3-1-12(2-4-13)19-11-20(17-9-14(24)5-8-21(17)29)28-22(27-19)16-7-6-15(25)10-18(16)26/h1-10,20,22,28-29H,11H2/t20-,22+/m1/s1. The molecule has 0 aromatic heterocycles. The largest absolute Gasteiger partial charge is 0.508 e. The fourth-order valence-corrected chi connectivity index (χ4v) is 4.57. The van der Waals surface area contributed by atoms with Crippen molar-refractivity contribution in [3.05, 3.63) is 96.3 Å². The monoisotopic (exact) mass is 552 g/mol. The quantitative estimate of drug-likeness (QED) is 0.353. The lowest BCUT2D eigenvalue weighted by atomic mass is 9.93. The summed E-state index contributed by atoms with van der Waals surface area (Å²) in [6.07, 6.45) is 0.267. The van der Waals surface area contributed by atoms with Gasteiger partial charge in [-0.2, -0.15) is 0 Å². The molecule has 1 aliphatic heterocycles. The molecular weight excluding hydrogens is 539 g/mol. The molecule has 1 aliphatic rings. The van der Waals surface area contributed by atoms with Crippen LogP contribution in [0.1, 0.15) is 35.3 Å². The highest BCUT2D eigenvalue weighted by atomic mass is 79.9. The molecule has 148 valence electrons. The lowest BCUT2D eigenvalue weighted by molar-refractivity contribution is 0.412. The van der Waals surface area contributed by atoms with Gasteiger partial charge in [0, 0.05) is 48.3 Å². The Hall–Kier alpha value is -1.37. The zero-order valence-corrected chi connectivity index (χ0v) is 19.7. The van der Waals surface area contributed by atoms with Gasteiger partial charge in [0.05, 0.1) is 0 Å². The van der Waals surface area contributed by atoms with Gasteiger partial charge in [0.15, 0.2) is 0 Å². The molecule has 3 aromatic carbocycles. The topological polar surface area (TPSA) is 44.6 Å². The molecular formula is C22H16Br2Cl2N2O. The first kappa shape index (κ1) is 20.9. The van der Waals surface area contributed by atoms with Crippen LogP contribution in [0.3, 0.4) is 0 Å². The van der Waals surface area contributed by atoms with Crippen LogP contribution in [0.25, 0.3) is 0 Å². The summed E-state index contributed by atoms with van der Waals surface area (Å²) in [5.41, 5.74) is 3.62. The summed E-state index contributed by atoms with van der Waals surface area (Å²) in [4.78, 5) is 4.94. The van der Waals surface area contributed by atoms with Gasteiger partial charge in [0.25, 0.3) is 0 Å². The predicted octanol–water partition coefficient (Wildman–Crippen LogP) is 7.45. The van der Waals surface area contributed by atoms with E-state index in [-0.39, 0.29) is 18.0 Å². The van der Waals surface area contributed by atoms with E-state index in [2.05, 4.69) is 37.2 Å². The number of hydrogen-bond donors (Lipinski definition) is 2. The molecule has 3 nitrogen and oxygen atoms in total. The van der Waals surface area contributed by atoms with Crippen molar-refractivity contribution in [2.24, 2.45) is 4.99 Å². The predicted molar refractivity (Wildman–Crippen MR) is 126 cm³/mol. The van der Waals surface area contributed by atoms with Gasteiger partial charge in [-0.1, -0.05) is 73.3 Å². The lowest BCUT2D eigenvalue weighted by Gasteiger charge is -2.31. The zero-order valence-electron chi connectivity index (χ0n) is 15.0. The van der Waals surface area contributed by atoms with Gasteiger partial charge in [-0.15, -0.1) is 0 Å². The average Bonchev–Trinajstić information content (AvgIpc) is 2.70. The molecule has 29 heavy (non-hydrogen) atoms. The number of aliphatic imine (C=N–C) groups is 1.